The largest absolute Gasteiger partial charge is 0.256 e. The maximum atomic E-state index is 5.05. The van der Waals surface area contributed by atoms with Crippen molar-refractivity contribution in [2.75, 3.05) is 0 Å². The lowest BCUT2D eigenvalue weighted by atomic mass is 9.90. The minimum Gasteiger partial charge on any atom is -0.256 e. The lowest BCUT2D eigenvalue weighted by molar-refractivity contribution is 0.976. The minimum atomic E-state index is 0.930. The first-order valence-corrected chi connectivity index (χ1v) is 16.4. The lowest BCUT2D eigenvalue weighted by Gasteiger charge is -2.18. The van der Waals surface area contributed by atoms with Crippen LogP contribution in [0, 0.1) is 0 Å². The molecule has 0 amide bonds. The number of fused-ring (bicyclic) bond motifs is 3. The van der Waals surface area contributed by atoms with Gasteiger partial charge >= 0.3 is 0 Å². The van der Waals surface area contributed by atoms with E-state index >= 15 is 0 Å². The molecule has 0 atom stereocenters. The van der Waals surface area contributed by atoms with Crippen LogP contribution in [0.3, 0.4) is 0 Å². The van der Waals surface area contributed by atoms with Crippen molar-refractivity contribution in [2.45, 2.75) is 0 Å². The van der Waals surface area contributed by atoms with Gasteiger partial charge in [-0.3, -0.25) is 9.97 Å². The third-order valence-corrected chi connectivity index (χ3v) is 9.16. The molecule has 9 rings (SSSR count). The van der Waals surface area contributed by atoms with Crippen LogP contribution in [0.5, 0.6) is 0 Å². The van der Waals surface area contributed by atoms with E-state index in [0.717, 1.165) is 72.7 Å². The topological polar surface area (TPSA) is 43.1 Å². The van der Waals surface area contributed by atoms with Crippen molar-refractivity contribution in [3.05, 3.63) is 182 Å². The summed E-state index contributed by atoms with van der Waals surface area (Å²) in [5, 5.41) is 7.41. The Hall–Kier alpha value is -6.65. The zero-order valence-corrected chi connectivity index (χ0v) is 26.6. The van der Waals surface area contributed by atoms with Gasteiger partial charge in [0.2, 0.25) is 0 Å². The highest BCUT2D eigenvalue weighted by Gasteiger charge is 2.21. The quantitative estimate of drug-likeness (QED) is 0.184. The first kappa shape index (κ1) is 28.6. The second kappa shape index (κ2) is 12.2. The summed E-state index contributed by atoms with van der Waals surface area (Å²) in [4.78, 5) is 9.31. The molecular formula is C45H30N4. The van der Waals surface area contributed by atoms with Crippen LogP contribution in [-0.2, 0) is 0 Å². The number of rotatable bonds is 6. The number of hydrogen-bond acceptors (Lipinski definition) is 3. The summed E-state index contributed by atoms with van der Waals surface area (Å²) in [5.74, 6) is 0. The normalized spacial score (nSPS) is 11.3. The van der Waals surface area contributed by atoms with Crippen molar-refractivity contribution in [3.63, 3.8) is 0 Å². The first-order valence-electron chi connectivity index (χ1n) is 16.4. The van der Waals surface area contributed by atoms with E-state index in [1.807, 2.05) is 42.9 Å². The molecule has 0 saturated heterocycles. The number of nitrogens with zero attached hydrogens (tertiary/aromatic N) is 4. The number of hydrogen-bond donors (Lipinski definition) is 0. The van der Waals surface area contributed by atoms with Gasteiger partial charge in [0, 0.05) is 45.6 Å². The molecule has 0 N–H and O–H groups in total. The molecule has 0 spiro atoms. The Balaban J connectivity index is 1.25. The van der Waals surface area contributed by atoms with Crippen LogP contribution in [-0.4, -0.2) is 19.6 Å². The van der Waals surface area contributed by atoms with Gasteiger partial charge in [0.1, 0.15) is 0 Å². The van der Waals surface area contributed by atoms with Gasteiger partial charge in [-0.05, 0) is 70.1 Å². The van der Waals surface area contributed by atoms with Crippen LogP contribution in [0.1, 0.15) is 0 Å². The maximum Gasteiger partial charge on any atom is 0.0826 e. The van der Waals surface area contributed by atoms with Crippen molar-refractivity contribution < 1.29 is 0 Å². The van der Waals surface area contributed by atoms with Crippen LogP contribution < -0.4 is 0 Å². The highest BCUT2D eigenvalue weighted by Crippen LogP contribution is 2.43. The van der Waals surface area contributed by atoms with Gasteiger partial charge in [-0.1, -0.05) is 121 Å². The predicted octanol–water partition coefficient (Wildman–Crippen LogP) is 11.3. The monoisotopic (exact) mass is 626 g/mol. The first-order chi connectivity index (χ1) is 24.3. The zero-order valence-electron chi connectivity index (χ0n) is 26.6. The van der Waals surface area contributed by atoms with Gasteiger partial charge < -0.3 is 0 Å². The molecule has 0 aliphatic heterocycles. The Labute approximate surface area is 284 Å². The standard InChI is InChI=1S/C45H30N4/c1-3-13-32(14-4-1)40-30-48-49-44(34-15-5-2-6-16-34)43(38-17-7-8-18-39(38)45(40)49)33-23-21-31(22-24-33)35-27-36(41-19-9-11-25-46-41)29-37(28-35)42-20-10-12-26-47-42/h1-30H. The molecule has 0 aliphatic carbocycles. The van der Waals surface area contributed by atoms with E-state index in [9.17, 15) is 0 Å². The van der Waals surface area contributed by atoms with Crippen molar-refractivity contribution in [3.8, 4) is 67.2 Å². The number of aromatic nitrogens is 4. The van der Waals surface area contributed by atoms with Gasteiger partial charge in [0.15, 0.2) is 0 Å². The molecule has 0 unspecified atom stereocenters. The van der Waals surface area contributed by atoms with Gasteiger partial charge in [0.05, 0.1) is 28.8 Å². The molecular weight excluding hydrogens is 597 g/mol. The predicted molar refractivity (Wildman–Crippen MR) is 201 cm³/mol. The SMILES string of the molecule is c1ccc(-c2cnn3c(-c4ccccc4)c(-c4ccc(-c5cc(-c6ccccn6)cc(-c6ccccn6)c5)cc4)c4ccccc4c23)cc1. The van der Waals surface area contributed by atoms with E-state index in [2.05, 4.69) is 154 Å². The zero-order chi connectivity index (χ0) is 32.6. The Morgan fingerprint density at radius 1 is 0.388 bits per heavy atom. The van der Waals surface area contributed by atoms with Crippen LogP contribution >= 0.6 is 0 Å². The van der Waals surface area contributed by atoms with Crippen molar-refractivity contribution >= 4 is 16.3 Å². The molecule has 0 fully saturated rings. The summed E-state index contributed by atoms with van der Waals surface area (Å²) in [6.07, 6.45) is 5.68. The molecule has 0 aliphatic rings. The Bertz CT molecular complexity index is 2500. The molecule has 4 heteroatoms. The summed E-state index contributed by atoms with van der Waals surface area (Å²) in [7, 11) is 0. The van der Waals surface area contributed by atoms with Crippen LogP contribution in [0.4, 0.5) is 0 Å². The van der Waals surface area contributed by atoms with Crippen molar-refractivity contribution in [1.82, 2.24) is 19.6 Å². The van der Waals surface area contributed by atoms with E-state index in [1.54, 1.807) is 0 Å². The summed E-state index contributed by atoms with van der Waals surface area (Å²) in [6.45, 7) is 0. The van der Waals surface area contributed by atoms with E-state index < -0.39 is 0 Å². The van der Waals surface area contributed by atoms with E-state index in [0.29, 0.717) is 0 Å². The highest BCUT2D eigenvalue weighted by molar-refractivity contribution is 6.13. The fraction of sp³-hybridized carbons (Fsp3) is 0. The van der Waals surface area contributed by atoms with Crippen molar-refractivity contribution in [2.24, 2.45) is 0 Å². The lowest BCUT2D eigenvalue weighted by Crippen LogP contribution is -2.00. The third kappa shape index (κ3) is 5.16. The van der Waals surface area contributed by atoms with Gasteiger partial charge in [0.25, 0.3) is 0 Å². The number of benzene rings is 5. The molecule has 230 valence electrons. The molecule has 5 aromatic carbocycles. The Morgan fingerprint density at radius 2 is 0.918 bits per heavy atom. The summed E-state index contributed by atoms with van der Waals surface area (Å²) in [5.41, 5.74) is 14.0. The molecule has 4 heterocycles. The average molecular weight is 627 g/mol. The second-order valence-electron chi connectivity index (χ2n) is 12.1. The fourth-order valence-corrected chi connectivity index (χ4v) is 6.89. The van der Waals surface area contributed by atoms with Gasteiger partial charge in [-0.25, -0.2) is 4.52 Å². The molecule has 0 radical (unpaired) electrons. The summed E-state index contributed by atoms with van der Waals surface area (Å²) < 4.78 is 2.14. The highest BCUT2D eigenvalue weighted by atomic mass is 15.2. The van der Waals surface area contributed by atoms with E-state index in [-0.39, 0.29) is 0 Å². The van der Waals surface area contributed by atoms with Crippen molar-refractivity contribution in [1.29, 1.82) is 0 Å². The second-order valence-corrected chi connectivity index (χ2v) is 12.1. The third-order valence-electron chi connectivity index (χ3n) is 9.16. The Morgan fingerprint density at radius 3 is 1.53 bits per heavy atom. The molecule has 9 aromatic rings. The van der Waals surface area contributed by atoms with E-state index in [1.165, 1.54) is 10.8 Å². The van der Waals surface area contributed by atoms with Crippen LogP contribution in [0.25, 0.3) is 83.4 Å². The van der Waals surface area contributed by atoms with Gasteiger partial charge in [-0.15, -0.1) is 0 Å². The molecule has 49 heavy (non-hydrogen) atoms. The smallest absolute Gasteiger partial charge is 0.0826 e. The van der Waals surface area contributed by atoms with Gasteiger partial charge in [-0.2, -0.15) is 5.10 Å². The fourth-order valence-electron chi connectivity index (χ4n) is 6.89. The minimum absolute atomic E-state index is 0.930. The maximum absolute atomic E-state index is 5.05. The van der Waals surface area contributed by atoms with E-state index in [4.69, 9.17) is 5.10 Å². The molecule has 4 nitrogen and oxygen atoms in total. The number of pyridine rings is 3. The molecule has 0 saturated carbocycles. The molecule has 0 bridgehead atoms. The summed E-state index contributed by atoms with van der Waals surface area (Å²) in [6, 6.07) is 57.4. The van der Waals surface area contributed by atoms with Crippen LogP contribution in [0.2, 0.25) is 0 Å². The Kier molecular flexibility index (Phi) is 7.10. The molecule has 4 aromatic heterocycles. The summed E-state index contributed by atoms with van der Waals surface area (Å²) >= 11 is 0. The average Bonchev–Trinajstić information content (AvgIpc) is 3.64. The van der Waals surface area contributed by atoms with Crippen LogP contribution in [0.15, 0.2) is 182 Å².